The second-order valence-corrected chi connectivity index (χ2v) is 6.27. The molecule has 0 spiro atoms. The number of anilines is 1. The molecule has 0 bridgehead atoms. The first kappa shape index (κ1) is 21.4. The molecule has 2 N–H and O–H groups in total. The molecule has 10 nitrogen and oxygen atoms in total. The first-order chi connectivity index (χ1) is 14.8. The number of rotatable bonds is 7. The van der Waals surface area contributed by atoms with Gasteiger partial charge in [-0.25, -0.2) is 14.6 Å². The van der Waals surface area contributed by atoms with E-state index < -0.39 is 30.4 Å². The van der Waals surface area contributed by atoms with Gasteiger partial charge in [0.25, 0.3) is 11.8 Å². The second kappa shape index (κ2) is 8.99. The van der Waals surface area contributed by atoms with Crippen LogP contribution in [0, 0.1) is 0 Å². The zero-order valence-electron chi connectivity index (χ0n) is 16.6. The normalized spacial score (nSPS) is 14.4. The van der Waals surface area contributed by atoms with E-state index in [1.165, 1.54) is 56.7 Å². The number of methoxy groups -OCH3 is 2. The molecule has 2 aromatic carbocycles. The molecule has 0 aliphatic carbocycles. The molecule has 0 unspecified atom stereocenters. The van der Waals surface area contributed by atoms with E-state index in [1.54, 1.807) is 6.07 Å². The summed E-state index contributed by atoms with van der Waals surface area (Å²) in [6, 6.07) is 10.5. The molecule has 1 fully saturated rings. The lowest BCUT2D eigenvalue weighted by Crippen LogP contribution is -2.35. The number of nitrogens with one attached hydrogen (secondary N) is 1. The fourth-order valence-electron chi connectivity index (χ4n) is 2.80. The van der Waals surface area contributed by atoms with Crippen LogP contribution in [0.1, 0.15) is 15.9 Å². The van der Waals surface area contributed by atoms with Crippen LogP contribution >= 0.6 is 0 Å². The highest BCUT2D eigenvalue weighted by molar-refractivity contribution is 6.31. The molecule has 10 heteroatoms. The van der Waals surface area contributed by atoms with Crippen molar-refractivity contribution in [2.24, 2.45) is 0 Å². The van der Waals surface area contributed by atoms with Crippen LogP contribution in [0.3, 0.4) is 0 Å². The van der Waals surface area contributed by atoms with E-state index in [-0.39, 0.29) is 17.1 Å². The van der Waals surface area contributed by atoms with E-state index in [2.05, 4.69) is 10.2 Å². The molecule has 0 atom stereocenters. The van der Waals surface area contributed by atoms with Gasteiger partial charge in [-0.05, 0) is 48.0 Å². The topological polar surface area (TPSA) is 131 Å². The van der Waals surface area contributed by atoms with Crippen molar-refractivity contribution >= 4 is 35.5 Å². The van der Waals surface area contributed by atoms with Crippen molar-refractivity contribution < 1.29 is 38.5 Å². The van der Waals surface area contributed by atoms with Gasteiger partial charge in [0.1, 0.15) is 5.57 Å². The Morgan fingerprint density at radius 2 is 1.77 bits per heavy atom. The monoisotopic (exact) mass is 426 g/mol. The van der Waals surface area contributed by atoms with Crippen LogP contribution in [-0.2, 0) is 19.1 Å². The number of carbonyl (C=O) groups excluding carboxylic acids is 3. The predicted octanol–water partition coefficient (Wildman–Crippen LogP) is 1.41. The van der Waals surface area contributed by atoms with Gasteiger partial charge in [-0.2, -0.15) is 0 Å². The maximum atomic E-state index is 12.8. The second-order valence-electron chi connectivity index (χ2n) is 6.27. The van der Waals surface area contributed by atoms with Gasteiger partial charge in [-0.1, -0.05) is 6.07 Å². The van der Waals surface area contributed by atoms with Crippen molar-refractivity contribution in [2.75, 3.05) is 25.8 Å². The minimum atomic E-state index is -1.14. The number of hydrogen-bond donors (Lipinski definition) is 2. The summed E-state index contributed by atoms with van der Waals surface area (Å²) in [4.78, 5) is 47.3. The van der Waals surface area contributed by atoms with Gasteiger partial charge >= 0.3 is 11.9 Å². The lowest BCUT2D eigenvalue weighted by Gasteiger charge is -2.14. The summed E-state index contributed by atoms with van der Waals surface area (Å²) in [5, 5.41) is 9.80. The summed E-state index contributed by atoms with van der Waals surface area (Å²) in [6.07, 6.45) is 1.38. The van der Waals surface area contributed by atoms with Gasteiger partial charge < -0.3 is 19.3 Å². The molecule has 2 amide bonds. The lowest BCUT2D eigenvalue weighted by molar-refractivity contribution is -0.139. The fraction of sp³-hybridized carbons (Fsp3) is 0.143. The number of amides is 2. The van der Waals surface area contributed by atoms with Crippen LogP contribution in [0.4, 0.5) is 5.69 Å². The minimum absolute atomic E-state index is 0.113. The maximum absolute atomic E-state index is 12.8. The van der Waals surface area contributed by atoms with Gasteiger partial charge in [0.2, 0.25) is 0 Å². The van der Waals surface area contributed by atoms with Crippen molar-refractivity contribution in [3.8, 4) is 11.5 Å². The zero-order chi connectivity index (χ0) is 22.5. The molecular weight excluding hydrogens is 408 g/mol. The average molecular weight is 426 g/mol. The van der Waals surface area contributed by atoms with Crippen molar-refractivity contribution in [3.63, 3.8) is 0 Å². The number of hydrazine groups is 1. The van der Waals surface area contributed by atoms with Crippen molar-refractivity contribution in [3.05, 3.63) is 59.2 Å². The van der Waals surface area contributed by atoms with E-state index >= 15 is 0 Å². The SMILES string of the molecule is COC(=O)c1ccc(N2NC(=O)C(=Cc3ccc(OCC(=O)O)c(OC)c3)C2=O)cc1. The largest absolute Gasteiger partial charge is 0.493 e. The van der Waals surface area contributed by atoms with E-state index in [9.17, 15) is 19.2 Å². The van der Waals surface area contributed by atoms with Gasteiger partial charge in [0.05, 0.1) is 25.5 Å². The Hall–Kier alpha value is -4.34. The summed E-state index contributed by atoms with van der Waals surface area (Å²) in [5.41, 5.74) is 3.49. The molecule has 2 aromatic rings. The number of carboxylic acid groups (broad SMARTS) is 1. The smallest absolute Gasteiger partial charge is 0.341 e. The van der Waals surface area contributed by atoms with Gasteiger partial charge in [-0.15, -0.1) is 0 Å². The number of aliphatic carboxylic acids is 1. The highest BCUT2D eigenvalue weighted by atomic mass is 16.5. The zero-order valence-corrected chi connectivity index (χ0v) is 16.6. The maximum Gasteiger partial charge on any atom is 0.341 e. The van der Waals surface area contributed by atoms with Crippen molar-refractivity contribution in [1.29, 1.82) is 0 Å². The molecule has 1 aliphatic rings. The summed E-state index contributed by atoms with van der Waals surface area (Å²) < 4.78 is 15.0. The summed E-state index contributed by atoms with van der Waals surface area (Å²) in [5.74, 6) is -2.39. The number of carboxylic acids is 1. The van der Waals surface area contributed by atoms with Crippen LogP contribution in [0.15, 0.2) is 48.0 Å². The number of esters is 1. The Morgan fingerprint density at radius 1 is 1.06 bits per heavy atom. The summed E-state index contributed by atoms with van der Waals surface area (Å²) in [6.45, 7) is -0.540. The Morgan fingerprint density at radius 3 is 2.39 bits per heavy atom. The third-order valence-corrected chi connectivity index (χ3v) is 4.29. The Balaban J connectivity index is 1.83. The molecule has 160 valence electrons. The standard InChI is InChI=1S/C21H18N2O8/c1-29-17-10-12(3-8-16(17)31-11-18(24)25)9-15-19(26)22-23(20(15)27)14-6-4-13(5-7-14)21(28)30-2/h3-10H,11H2,1-2H3,(H,22,26)(H,24,25). The van der Waals surface area contributed by atoms with Crippen molar-refractivity contribution in [1.82, 2.24) is 5.43 Å². The third kappa shape index (κ3) is 4.64. The van der Waals surface area contributed by atoms with E-state index in [1.807, 2.05) is 0 Å². The lowest BCUT2D eigenvalue weighted by atomic mass is 10.1. The van der Waals surface area contributed by atoms with Crippen LogP contribution < -0.4 is 19.9 Å². The van der Waals surface area contributed by atoms with Gasteiger partial charge in [0, 0.05) is 0 Å². The van der Waals surface area contributed by atoms with E-state index in [0.717, 1.165) is 5.01 Å². The molecule has 3 rings (SSSR count). The number of nitrogens with zero attached hydrogens (tertiary/aromatic N) is 1. The Labute approximate surface area is 176 Å². The number of benzene rings is 2. The molecule has 1 saturated heterocycles. The Bertz CT molecular complexity index is 1080. The van der Waals surface area contributed by atoms with Crippen molar-refractivity contribution in [2.45, 2.75) is 0 Å². The summed E-state index contributed by atoms with van der Waals surface area (Å²) in [7, 11) is 2.64. The number of hydrogen-bond acceptors (Lipinski definition) is 7. The van der Waals surface area contributed by atoms with Gasteiger partial charge in [-0.3, -0.25) is 15.0 Å². The molecule has 1 aliphatic heterocycles. The number of carbonyl (C=O) groups is 4. The summed E-state index contributed by atoms with van der Waals surface area (Å²) >= 11 is 0. The van der Waals surface area contributed by atoms with E-state index in [4.69, 9.17) is 14.6 Å². The molecular formula is C21H18N2O8. The average Bonchev–Trinajstić information content (AvgIpc) is 3.05. The van der Waals surface area contributed by atoms with Crippen LogP contribution in [0.25, 0.3) is 6.08 Å². The minimum Gasteiger partial charge on any atom is -0.493 e. The van der Waals surface area contributed by atoms with Gasteiger partial charge in [0.15, 0.2) is 18.1 Å². The Kier molecular flexibility index (Phi) is 6.20. The number of ether oxygens (including phenoxy) is 3. The van der Waals surface area contributed by atoms with Crippen LogP contribution in [-0.4, -0.2) is 49.7 Å². The quantitative estimate of drug-likeness (QED) is 0.386. The molecule has 0 saturated carbocycles. The molecule has 0 radical (unpaired) electrons. The van der Waals surface area contributed by atoms with Crippen LogP contribution in [0.2, 0.25) is 0 Å². The first-order valence-corrected chi connectivity index (χ1v) is 8.92. The molecule has 0 aromatic heterocycles. The fourth-order valence-corrected chi connectivity index (χ4v) is 2.80. The van der Waals surface area contributed by atoms with E-state index in [0.29, 0.717) is 16.8 Å². The van der Waals surface area contributed by atoms with Crippen LogP contribution in [0.5, 0.6) is 11.5 Å². The first-order valence-electron chi connectivity index (χ1n) is 8.92. The third-order valence-electron chi connectivity index (χ3n) is 4.29. The molecule has 1 heterocycles. The highest BCUT2D eigenvalue weighted by Gasteiger charge is 2.34. The predicted molar refractivity (Wildman–Crippen MR) is 108 cm³/mol. The highest BCUT2D eigenvalue weighted by Crippen LogP contribution is 2.30. The molecule has 31 heavy (non-hydrogen) atoms.